The maximum absolute atomic E-state index is 12.3. The molecule has 2 aromatic heterocycles. The summed E-state index contributed by atoms with van der Waals surface area (Å²) in [7, 11) is 3.12. The number of aromatic nitrogens is 4. The Labute approximate surface area is 133 Å². The van der Waals surface area contributed by atoms with Gasteiger partial charge in [0.15, 0.2) is 11.2 Å². The molecule has 8 nitrogen and oxygen atoms in total. The highest BCUT2D eigenvalue weighted by atomic mass is 16.2. The Morgan fingerprint density at radius 1 is 1.22 bits per heavy atom. The Bertz CT molecular complexity index is 857. The van der Waals surface area contributed by atoms with Gasteiger partial charge in [0.2, 0.25) is 5.84 Å². The third-order valence-electron chi connectivity index (χ3n) is 4.35. The van der Waals surface area contributed by atoms with E-state index in [9.17, 15) is 9.59 Å². The molecular weight excluding hydrogens is 296 g/mol. The first kappa shape index (κ1) is 15.5. The fourth-order valence-electron chi connectivity index (χ4n) is 2.98. The predicted octanol–water partition coefficient (Wildman–Crippen LogP) is -1.92. The molecule has 3 rings (SSSR count). The van der Waals surface area contributed by atoms with Gasteiger partial charge in [0.25, 0.3) is 5.56 Å². The maximum Gasteiger partial charge on any atom is 0.332 e. The number of hydrogen-bond acceptors (Lipinski definition) is 4. The minimum Gasteiger partial charge on any atom is -0.321 e. The normalized spacial score (nSPS) is 15.5. The van der Waals surface area contributed by atoms with E-state index < -0.39 is 0 Å². The number of hydrogen-bond donors (Lipinski definition) is 2. The molecule has 23 heavy (non-hydrogen) atoms. The van der Waals surface area contributed by atoms with E-state index in [-0.39, 0.29) is 11.2 Å². The molecule has 0 aliphatic carbocycles. The lowest BCUT2D eigenvalue weighted by atomic mass is 10.2. The Morgan fingerprint density at radius 2 is 2.04 bits per heavy atom. The Morgan fingerprint density at radius 3 is 2.87 bits per heavy atom. The second-order valence-corrected chi connectivity index (χ2v) is 5.96. The van der Waals surface area contributed by atoms with Crippen molar-refractivity contribution in [2.24, 2.45) is 14.1 Å². The average molecular weight is 319 g/mol. The zero-order chi connectivity index (χ0) is 16.4. The molecule has 0 atom stereocenters. The monoisotopic (exact) mass is 319 g/mol. The van der Waals surface area contributed by atoms with Crippen LogP contribution in [-0.2, 0) is 20.6 Å². The van der Waals surface area contributed by atoms with Crippen molar-refractivity contribution in [1.29, 1.82) is 0 Å². The van der Waals surface area contributed by atoms with Crippen LogP contribution in [-0.4, -0.2) is 37.6 Å². The summed E-state index contributed by atoms with van der Waals surface area (Å²) in [5, 5.41) is 3.40. The zero-order valence-electron chi connectivity index (χ0n) is 13.6. The third kappa shape index (κ3) is 2.93. The molecule has 0 fully saturated rings. The standard InChI is InChI=1S/C15H22N6O2/c1-19-13-12(14(22)20(2)15(19)23)21(10-18-13)9-8-17-11-6-4-3-5-7-16-11/h10H,3-9H2,1-2H3,(H,16,17)/p+1. The van der Waals surface area contributed by atoms with Crippen LogP contribution in [0.15, 0.2) is 15.9 Å². The van der Waals surface area contributed by atoms with Crippen LogP contribution in [0.4, 0.5) is 0 Å². The van der Waals surface area contributed by atoms with Crippen LogP contribution in [0.5, 0.6) is 0 Å². The highest BCUT2D eigenvalue weighted by Crippen LogP contribution is 2.05. The van der Waals surface area contributed by atoms with Crippen molar-refractivity contribution in [3.05, 3.63) is 27.2 Å². The van der Waals surface area contributed by atoms with Crippen molar-refractivity contribution in [3.63, 3.8) is 0 Å². The van der Waals surface area contributed by atoms with E-state index in [0.717, 1.165) is 17.5 Å². The van der Waals surface area contributed by atoms with Gasteiger partial charge in [-0.2, -0.15) is 0 Å². The molecule has 0 saturated heterocycles. The molecule has 3 heterocycles. The highest BCUT2D eigenvalue weighted by Gasteiger charge is 2.15. The Balaban J connectivity index is 1.80. The summed E-state index contributed by atoms with van der Waals surface area (Å²) in [6.45, 7) is 2.34. The topological polar surface area (TPSA) is 87.8 Å². The van der Waals surface area contributed by atoms with Gasteiger partial charge in [-0.3, -0.25) is 24.2 Å². The number of fused-ring (bicyclic) bond motifs is 1. The summed E-state index contributed by atoms with van der Waals surface area (Å²) < 4.78 is 4.33. The molecule has 0 amide bonds. The van der Waals surface area contributed by atoms with E-state index >= 15 is 0 Å². The maximum atomic E-state index is 12.3. The van der Waals surface area contributed by atoms with Gasteiger partial charge in [0, 0.05) is 20.5 Å². The quantitative estimate of drug-likeness (QED) is 0.690. The SMILES string of the molecule is Cn1c(=O)c2c(ncn2CCNC2=[NH+]CCCCC2)n(C)c1=O. The first-order chi connectivity index (χ1) is 11.1. The second kappa shape index (κ2) is 6.39. The lowest BCUT2D eigenvalue weighted by Crippen LogP contribution is -2.75. The first-order valence-electron chi connectivity index (χ1n) is 8.04. The molecule has 2 aromatic rings. The molecule has 0 aromatic carbocycles. The van der Waals surface area contributed by atoms with E-state index in [1.807, 2.05) is 0 Å². The number of rotatable bonds is 3. The minimum atomic E-state index is -0.357. The second-order valence-electron chi connectivity index (χ2n) is 5.96. The van der Waals surface area contributed by atoms with Gasteiger partial charge in [-0.25, -0.2) is 9.78 Å². The molecule has 1 aliphatic heterocycles. The van der Waals surface area contributed by atoms with Crippen LogP contribution < -0.4 is 21.6 Å². The predicted molar refractivity (Wildman–Crippen MR) is 87.5 cm³/mol. The lowest BCUT2D eigenvalue weighted by Gasteiger charge is -2.06. The lowest BCUT2D eigenvalue weighted by molar-refractivity contribution is -0.459. The van der Waals surface area contributed by atoms with Crippen LogP contribution in [0.1, 0.15) is 25.7 Å². The van der Waals surface area contributed by atoms with Gasteiger partial charge in [-0.15, -0.1) is 0 Å². The van der Waals surface area contributed by atoms with E-state index in [1.165, 1.54) is 36.7 Å². The van der Waals surface area contributed by atoms with Crippen LogP contribution in [0, 0.1) is 0 Å². The van der Waals surface area contributed by atoms with E-state index in [0.29, 0.717) is 24.3 Å². The zero-order valence-corrected chi connectivity index (χ0v) is 13.6. The number of aryl methyl sites for hydroxylation is 1. The summed E-state index contributed by atoms with van der Waals surface area (Å²) >= 11 is 0. The molecule has 2 N–H and O–H groups in total. The van der Waals surface area contributed by atoms with Crippen LogP contribution >= 0.6 is 0 Å². The van der Waals surface area contributed by atoms with Crippen molar-refractivity contribution in [3.8, 4) is 0 Å². The van der Waals surface area contributed by atoms with Gasteiger partial charge >= 0.3 is 5.69 Å². The molecule has 8 heteroatoms. The minimum absolute atomic E-state index is 0.305. The van der Waals surface area contributed by atoms with E-state index in [1.54, 1.807) is 17.9 Å². The fourth-order valence-corrected chi connectivity index (χ4v) is 2.98. The van der Waals surface area contributed by atoms with Gasteiger partial charge in [0.05, 0.1) is 19.4 Å². The number of nitrogens with one attached hydrogen (secondary N) is 2. The molecule has 0 unspecified atom stereocenters. The summed E-state index contributed by atoms with van der Waals surface area (Å²) in [5.74, 6) is 1.17. The van der Waals surface area contributed by atoms with Crippen molar-refractivity contribution < 1.29 is 4.99 Å². The van der Waals surface area contributed by atoms with Crippen LogP contribution in [0.3, 0.4) is 0 Å². The van der Waals surface area contributed by atoms with Gasteiger partial charge in [0.1, 0.15) is 6.54 Å². The van der Waals surface area contributed by atoms with Crippen molar-refractivity contribution >= 4 is 17.0 Å². The molecule has 1 aliphatic rings. The van der Waals surface area contributed by atoms with Gasteiger partial charge < -0.3 is 4.57 Å². The summed E-state index contributed by atoms with van der Waals surface area (Å²) in [4.78, 5) is 31.9. The van der Waals surface area contributed by atoms with Crippen LogP contribution in [0.2, 0.25) is 0 Å². The number of imidazole rings is 1. The first-order valence-corrected chi connectivity index (χ1v) is 8.04. The van der Waals surface area contributed by atoms with Crippen molar-refractivity contribution in [1.82, 2.24) is 24.0 Å². The average Bonchev–Trinajstić information content (AvgIpc) is 2.79. The van der Waals surface area contributed by atoms with Crippen molar-refractivity contribution in [2.45, 2.75) is 32.2 Å². The third-order valence-corrected chi connectivity index (χ3v) is 4.35. The molecule has 0 spiro atoms. The largest absolute Gasteiger partial charge is 0.332 e. The number of nitrogens with zero attached hydrogens (tertiary/aromatic N) is 4. The van der Waals surface area contributed by atoms with E-state index in [2.05, 4.69) is 15.3 Å². The molecule has 0 saturated carbocycles. The fraction of sp³-hybridized carbons (Fsp3) is 0.600. The summed E-state index contributed by atoms with van der Waals surface area (Å²) in [5.41, 5.74) is 0.235. The Hall–Kier alpha value is -2.38. The molecular formula is C15H23N6O2+. The molecule has 0 radical (unpaired) electrons. The van der Waals surface area contributed by atoms with E-state index in [4.69, 9.17) is 0 Å². The smallest absolute Gasteiger partial charge is 0.321 e. The molecule has 0 bridgehead atoms. The van der Waals surface area contributed by atoms with Gasteiger partial charge in [-0.05, 0) is 19.3 Å². The van der Waals surface area contributed by atoms with Crippen molar-refractivity contribution in [2.75, 3.05) is 13.1 Å². The highest BCUT2D eigenvalue weighted by molar-refractivity contribution is 5.76. The van der Waals surface area contributed by atoms with Crippen LogP contribution in [0.25, 0.3) is 11.2 Å². The van der Waals surface area contributed by atoms with Gasteiger partial charge in [-0.1, -0.05) is 0 Å². The Kier molecular flexibility index (Phi) is 4.31. The number of amidine groups is 1. The summed E-state index contributed by atoms with van der Waals surface area (Å²) in [6, 6.07) is 0. The summed E-state index contributed by atoms with van der Waals surface area (Å²) in [6.07, 6.45) is 6.33. The molecule has 124 valence electrons.